The third-order valence-corrected chi connectivity index (χ3v) is 4.44. The second-order valence-electron chi connectivity index (χ2n) is 4.41. The summed E-state index contributed by atoms with van der Waals surface area (Å²) in [5.41, 5.74) is 2.50. The molecule has 94 valence electrons. The Morgan fingerprint density at radius 2 is 1.89 bits per heavy atom. The number of hydrogen-bond donors (Lipinski definition) is 0. The summed E-state index contributed by atoms with van der Waals surface area (Å²) in [5, 5.41) is 0. The largest absolute Gasteiger partial charge is 0.299 e. The summed E-state index contributed by atoms with van der Waals surface area (Å²) in [7, 11) is 0. The lowest BCUT2D eigenvalue weighted by Crippen LogP contribution is -2.03. The molecule has 2 rings (SSSR count). The minimum atomic E-state index is 0.310. The standard InChI is InChI=1S/C15H15BrOS/c1-11-2-4-12(5-3-11)6-7-13(17)10-14-8-9-15(16)18-14/h2-5,8-9H,6-7,10H2,1H3. The monoisotopic (exact) mass is 322 g/mol. The van der Waals surface area contributed by atoms with Crippen molar-refractivity contribution in [3.8, 4) is 0 Å². The maximum Gasteiger partial charge on any atom is 0.138 e. The molecule has 0 spiro atoms. The van der Waals surface area contributed by atoms with E-state index in [1.165, 1.54) is 11.1 Å². The highest BCUT2D eigenvalue weighted by Gasteiger charge is 2.06. The SMILES string of the molecule is Cc1ccc(CCC(=O)Cc2ccc(Br)s2)cc1. The van der Waals surface area contributed by atoms with Gasteiger partial charge in [-0.05, 0) is 47.0 Å². The number of carbonyl (C=O) groups excluding carboxylic acids is 1. The molecule has 1 nitrogen and oxygen atoms in total. The van der Waals surface area contributed by atoms with Crippen molar-refractivity contribution in [2.45, 2.75) is 26.2 Å². The molecule has 0 bridgehead atoms. The van der Waals surface area contributed by atoms with E-state index in [9.17, 15) is 4.79 Å². The Labute approximate surface area is 120 Å². The van der Waals surface area contributed by atoms with Crippen LogP contribution in [-0.2, 0) is 17.6 Å². The predicted molar refractivity (Wildman–Crippen MR) is 80.2 cm³/mol. The van der Waals surface area contributed by atoms with Gasteiger partial charge in [0, 0.05) is 17.7 Å². The van der Waals surface area contributed by atoms with Crippen molar-refractivity contribution in [2.75, 3.05) is 0 Å². The van der Waals surface area contributed by atoms with Crippen LogP contribution < -0.4 is 0 Å². The maximum absolute atomic E-state index is 11.9. The van der Waals surface area contributed by atoms with E-state index in [1.54, 1.807) is 11.3 Å². The summed E-state index contributed by atoms with van der Waals surface area (Å²) < 4.78 is 1.09. The topological polar surface area (TPSA) is 17.1 Å². The molecular formula is C15H15BrOS. The van der Waals surface area contributed by atoms with Gasteiger partial charge in [-0.1, -0.05) is 29.8 Å². The Kier molecular flexibility index (Phi) is 4.72. The zero-order valence-corrected chi connectivity index (χ0v) is 12.7. The summed E-state index contributed by atoms with van der Waals surface area (Å²) in [6.07, 6.45) is 2.02. The Morgan fingerprint density at radius 3 is 2.50 bits per heavy atom. The Balaban J connectivity index is 1.83. The molecule has 0 unspecified atom stereocenters. The second kappa shape index (κ2) is 6.30. The molecular weight excluding hydrogens is 308 g/mol. The van der Waals surface area contributed by atoms with Crippen LogP contribution in [0.15, 0.2) is 40.2 Å². The van der Waals surface area contributed by atoms with Crippen LogP contribution in [0, 0.1) is 6.92 Å². The molecule has 0 aliphatic rings. The van der Waals surface area contributed by atoms with Crippen molar-refractivity contribution in [1.82, 2.24) is 0 Å². The molecule has 1 aromatic carbocycles. The van der Waals surface area contributed by atoms with Crippen molar-refractivity contribution in [3.05, 3.63) is 56.2 Å². The smallest absolute Gasteiger partial charge is 0.138 e. The van der Waals surface area contributed by atoms with Crippen LogP contribution in [0.5, 0.6) is 0 Å². The fourth-order valence-corrected chi connectivity index (χ4v) is 3.28. The van der Waals surface area contributed by atoms with Crippen LogP contribution in [0.4, 0.5) is 0 Å². The number of ketones is 1. The zero-order valence-electron chi connectivity index (χ0n) is 10.3. The quantitative estimate of drug-likeness (QED) is 0.788. The number of halogens is 1. The zero-order chi connectivity index (χ0) is 13.0. The lowest BCUT2D eigenvalue weighted by atomic mass is 10.0. The van der Waals surface area contributed by atoms with E-state index in [4.69, 9.17) is 0 Å². The van der Waals surface area contributed by atoms with E-state index >= 15 is 0 Å². The summed E-state index contributed by atoms with van der Waals surface area (Å²) >= 11 is 5.05. The minimum Gasteiger partial charge on any atom is -0.299 e. The van der Waals surface area contributed by atoms with Gasteiger partial charge in [0.05, 0.1) is 3.79 Å². The molecule has 0 aliphatic carbocycles. The van der Waals surface area contributed by atoms with Crippen molar-refractivity contribution < 1.29 is 4.79 Å². The van der Waals surface area contributed by atoms with E-state index in [1.807, 2.05) is 12.1 Å². The molecule has 0 radical (unpaired) electrons. The molecule has 0 saturated carbocycles. The van der Waals surface area contributed by atoms with Crippen molar-refractivity contribution in [3.63, 3.8) is 0 Å². The van der Waals surface area contributed by atoms with Crippen molar-refractivity contribution >= 4 is 33.0 Å². The summed E-state index contributed by atoms with van der Waals surface area (Å²) in [4.78, 5) is 13.0. The molecule has 3 heteroatoms. The third kappa shape index (κ3) is 4.07. The van der Waals surface area contributed by atoms with E-state index < -0.39 is 0 Å². The van der Waals surface area contributed by atoms with Gasteiger partial charge < -0.3 is 0 Å². The van der Waals surface area contributed by atoms with Gasteiger partial charge in [-0.15, -0.1) is 11.3 Å². The molecule has 0 saturated heterocycles. The molecule has 0 N–H and O–H groups in total. The molecule has 1 heterocycles. The van der Waals surface area contributed by atoms with Crippen LogP contribution in [-0.4, -0.2) is 5.78 Å². The van der Waals surface area contributed by atoms with Crippen molar-refractivity contribution in [1.29, 1.82) is 0 Å². The van der Waals surface area contributed by atoms with Gasteiger partial charge in [-0.25, -0.2) is 0 Å². The maximum atomic E-state index is 11.9. The average molecular weight is 323 g/mol. The first kappa shape index (κ1) is 13.5. The highest BCUT2D eigenvalue weighted by molar-refractivity contribution is 9.11. The molecule has 0 fully saturated rings. The Bertz CT molecular complexity index is 528. The predicted octanol–water partition coefficient (Wildman–Crippen LogP) is 4.56. The summed E-state index contributed by atoms with van der Waals surface area (Å²) in [6, 6.07) is 12.4. The van der Waals surface area contributed by atoms with Gasteiger partial charge in [0.1, 0.15) is 5.78 Å². The Morgan fingerprint density at radius 1 is 1.17 bits per heavy atom. The first-order valence-corrected chi connectivity index (χ1v) is 7.56. The molecule has 0 amide bonds. The lowest BCUT2D eigenvalue weighted by molar-refractivity contribution is -0.118. The normalized spacial score (nSPS) is 10.6. The number of aryl methyl sites for hydroxylation is 2. The third-order valence-electron chi connectivity index (χ3n) is 2.81. The van der Waals surface area contributed by atoms with E-state index in [-0.39, 0.29) is 0 Å². The van der Waals surface area contributed by atoms with Crippen molar-refractivity contribution in [2.24, 2.45) is 0 Å². The van der Waals surface area contributed by atoms with Crippen LogP contribution in [0.3, 0.4) is 0 Å². The number of carbonyl (C=O) groups is 1. The molecule has 2 aromatic rings. The van der Waals surface area contributed by atoms with Gasteiger partial charge in [-0.3, -0.25) is 4.79 Å². The number of thiophene rings is 1. The molecule has 1 aromatic heterocycles. The van der Waals surface area contributed by atoms with Gasteiger partial charge in [0.2, 0.25) is 0 Å². The van der Waals surface area contributed by atoms with Gasteiger partial charge in [0.15, 0.2) is 0 Å². The Hall–Kier alpha value is -0.930. The number of benzene rings is 1. The van der Waals surface area contributed by atoms with Crippen LogP contribution in [0.2, 0.25) is 0 Å². The number of rotatable bonds is 5. The first-order valence-electron chi connectivity index (χ1n) is 5.95. The minimum absolute atomic E-state index is 0.310. The molecule has 18 heavy (non-hydrogen) atoms. The van der Waals surface area contributed by atoms with Gasteiger partial charge >= 0.3 is 0 Å². The number of Topliss-reactive ketones (excluding diaryl/α,β-unsaturated/α-hetero) is 1. The second-order valence-corrected chi connectivity index (χ2v) is 6.95. The highest BCUT2D eigenvalue weighted by atomic mass is 79.9. The van der Waals surface area contributed by atoms with Gasteiger partial charge in [-0.2, -0.15) is 0 Å². The number of hydrogen-bond acceptors (Lipinski definition) is 2. The summed E-state index contributed by atoms with van der Waals surface area (Å²) in [5.74, 6) is 0.310. The fourth-order valence-electron chi connectivity index (χ4n) is 1.77. The van der Waals surface area contributed by atoms with Gasteiger partial charge in [0.25, 0.3) is 0 Å². The van der Waals surface area contributed by atoms with Crippen LogP contribution in [0.1, 0.15) is 22.4 Å². The molecule has 0 atom stereocenters. The first-order chi connectivity index (χ1) is 8.63. The average Bonchev–Trinajstić information content (AvgIpc) is 2.74. The van der Waals surface area contributed by atoms with E-state index in [0.29, 0.717) is 18.6 Å². The highest BCUT2D eigenvalue weighted by Crippen LogP contribution is 2.22. The fraction of sp³-hybridized carbons (Fsp3) is 0.267. The van der Waals surface area contributed by atoms with Crippen LogP contribution in [0.25, 0.3) is 0 Å². The van der Waals surface area contributed by atoms with E-state index in [2.05, 4.69) is 47.1 Å². The summed E-state index contributed by atoms with van der Waals surface area (Å²) in [6.45, 7) is 2.07. The lowest BCUT2D eigenvalue weighted by Gasteiger charge is -2.01. The molecule has 0 aliphatic heterocycles. The van der Waals surface area contributed by atoms with Crippen LogP contribution >= 0.6 is 27.3 Å². The van der Waals surface area contributed by atoms with E-state index in [0.717, 1.165) is 15.1 Å².